The number of rotatable bonds is 3. The lowest BCUT2D eigenvalue weighted by Crippen LogP contribution is -2.16. The number of aryl methyl sites for hydroxylation is 2. The first-order valence-corrected chi connectivity index (χ1v) is 6.56. The van der Waals surface area contributed by atoms with E-state index < -0.39 is 5.92 Å². The maximum Gasteiger partial charge on any atom is 0.320 e. The van der Waals surface area contributed by atoms with Crippen LogP contribution >= 0.6 is 11.3 Å². The Morgan fingerprint density at radius 3 is 2.78 bits per heavy atom. The van der Waals surface area contributed by atoms with Crippen molar-refractivity contribution in [2.75, 3.05) is 7.11 Å². The van der Waals surface area contributed by atoms with E-state index in [1.807, 2.05) is 37.4 Å². The lowest BCUT2D eigenvalue weighted by atomic mass is 9.93. The molecule has 0 bridgehead atoms. The van der Waals surface area contributed by atoms with Crippen LogP contribution in [0, 0.1) is 13.8 Å². The van der Waals surface area contributed by atoms with Crippen LogP contribution in [0.2, 0.25) is 0 Å². The van der Waals surface area contributed by atoms with E-state index in [0.29, 0.717) is 0 Å². The number of hydrogen-bond acceptors (Lipinski definition) is 4. The van der Waals surface area contributed by atoms with Gasteiger partial charge in [0.2, 0.25) is 0 Å². The van der Waals surface area contributed by atoms with Crippen LogP contribution in [0.15, 0.2) is 29.8 Å². The maximum atomic E-state index is 12.0. The van der Waals surface area contributed by atoms with Gasteiger partial charge in [-0.05, 0) is 25.0 Å². The van der Waals surface area contributed by atoms with Crippen molar-refractivity contribution in [2.45, 2.75) is 19.8 Å². The van der Waals surface area contributed by atoms with Crippen LogP contribution in [0.3, 0.4) is 0 Å². The minimum absolute atomic E-state index is 0.265. The number of ether oxygens (including phenoxy) is 1. The van der Waals surface area contributed by atoms with Gasteiger partial charge in [-0.1, -0.05) is 23.8 Å². The van der Waals surface area contributed by atoms with Crippen LogP contribution in [0.5, 0.6) is 0 Å². The van der Waals surface area contributed by atoms with Crippen LogP contribution < -0.4 is 0 Å². The van der Waals surface area contributed by atoms with E-state index >= 15 is 0 Å². The molecule has 0 amide bonds. The summed E-state index contributed by atoms with van der Waals surface area (Å²) in [7, 11) is 1.41. The molecule has 18 heavy (non-hydrogen) atoms. The predicted octanol–water partition coefficient (Wildman–Crippen LogP) is 3.06. The minimum Gasteiger partial charge on any atom is -0.468 e. The molecule has 0 saturated carbocycles. The Morgan fingerprint density at radius 1 is 1.39 bits per heavy atom. The third-order valence-electron chi connectivity index (χ3n) is 2.88. The number of thiazole rings is 1. The van der Waals surface area contributed by atoms with E-state index in [1.54, 1.807) is 6.20 Å². The highest BCUT2D eigenvalue weighted by Gasteiger charge is 2.27. The first kappa shape index (κ1) is 12.8. The normalized spacial score (nSPS) is 12.2. The third-order valence-corrected chi connectivity index (χ3v) is 3.72. The molecule has 2 aromatic rings. The average molecular weight is 261 g/mol. The summed E-state index contributed by atoms with van der Waals surface area (Å²) in [5.74, 6) is -0.687. The largest absolute Gasteiger partial charge is 0.468 e. The van der Waals surface area contributed by atoms with Crippen LogP contribution in [-0.4, -0.2) is 18.1 Å². The van der Waals surface area contributed by atoms with Crippen molar-refractivity contribution in [2.24, 2.45) is 0 Å². The van der Waals surface area contributed by atoms with Crippen LogP contribution in [0.4, 0.5) is 0 Å². The molecule has 1 aromatic carbocycles. The van der Waals surface area contributed by atoms with E-state index in [1.165, 1.54) is 18.4 Å². The molecule has 94 valence electrons. The van der Waals surface area contributed by atoms with Gasteiger partial charge < -0.3 is 4.74 Å². The summed E-state index contributed by atoms with van der Waals surface area (Å²) in [5.41, 5.74) is 3.17. The van der Waals surface area contributed by atoms with Gasteiger partial charge in [0, 0.05) is 11.6 Å². The third kappa shape index (κ3) is 2.43. The first-order chi connectivity index (χ1) is 8.63. The van der Waals surface area contributed by atoms with E-state index in [0.717, 1.165) is 21.7 Å². The van der Waals surface area contributed by atoms with Gasteiger partial charge >= 0.3 is 5.97 Å². The maximum absolute atomic E-state index is 12.0. The predicted molar refractivity (Wildman–Crippen MR) is 71.9 cm³/mol. The molecule has 1 atom stereocenters. The van der Waals surface area contributed by atoms with Crippen molar-refractivity contribution >= 4 is 17.3 Å². The van der Waals surface area contributed by atoms with E-state index in [9.17, 15) is 4.79 Å². The molecular formula is C14H15NO2S. The van der Waals surface area contributed by atoms with E-state index in [2.05, 4.69) is 4.98 Å². The highest BCUT2D eigenvalue weighted by Crippen LogP contribution is 2.30. The van der Waals surface area contributed by atoms with Crippen molar-refractivity contribution in [3.05, 3.63) is 51.5 Å². The summed E-state index contributed by atoms with van der Waals surface area (Å²) >= 11 is 1.47. The van der Waals surface area contributed by atoms with Crippen molar-refractivity contribution in [3.8, 4) is 0 Å². The van der Waals surface area contributed by atoms with Crippen LogP contribution in [0.1, 0.15) is 27.6 Å². The van der Waals surface area contributed by atoms with Gasteiger partial charge in [-0.15, -0.1) is 11.3 Å². The van der Waals surface area contributed by atoms with Gasteiger partial charge in [0.1, 0.15) is 10.9 Å². The molecule has 0 saturated heterocycles. The Balaban J connectivity index is 2.53. The highest BCUT2D eigenvalue weighted by molar-refractivity contribution is 7.09. The lowest BCUT2D eigenvalue weighted by molar-refractivity contribution is -0.141. The van der Waals surface area contributed by atoms with Gasteiger partial charge in [-0.25, -0.2) is 4.98 Å². The van der Waals surface area contributed by atoms with Gasteiger partial charge in [-0.2, -0.15) is 0 Å². The zero-order valence-electron chi connectivity index (χ0n) is 10.6. The average Bonchev–Trinajstić information content (AvgIpc) is 2.87. The monoisotopic (exact) mass is 261 g/mol. The molecule has 4 heteroatoms. The minimum atomic E-state index is -0.421. The SMILES string of the molecule is COC(=O)C(c1nccs1)c1cc(C)ccc1C. The molecule has 2 rings (SSSR count). The molecule has 0 aliphatic carbocycles. The van der Waals surface area contributed by atoms with E-state index in [-0.39, 0.29) is 5.97 Å². The zero-order valence-corrected chi connectivity index (χ0v) is 11.5. The highest BCUT2D eigenvalue weighted by atomic mass is 32.1. The Labute approximate surface area is 110 Å². The van der Waals surface area contributed by atoms with Crippen LogP contribution in [0.25, 0.3) is 0 Å². The summed E-state index contributed by atoms with van der Waals surface area (Å²) in [6.45, 7) is 4.01. The summed E-state index contributed by atoms with van der Waals surface area (Å²) in [4.78, 5) is 16.3. The molecule has 0 fully saturated rings. The Bertz CT molecular complexity index is 549. The quantitative estimate of drug-likeness (QED) is 0.797. The summed E-state index contributed by atoms with van der Waals surface area (Å²) in [6.07, 6.45) is 1.71. The number of carbonyl (C=O) groups excluding carboxylic acids is 1. The number of benzene rings is 1. The summed E-state index contributed by atoms with van der Waals surface area (Å²) in [6, 6.07) is 6.08. The Kier molecular flexibility index (Phi) is 3.77. The number of esters is 1. The number of hydrogen-bond donors (Lipinski definition) is 0. The molecule has 0 aliphatic rings. The standard InChI is InChI=1S/C14H15NO2S/c1-9-4-5-10(2)11(8-9)12(14(16)17-3)13-15-6-7-18-13/h4-8,12H,1-3H3. The first-order valence-electron chi connectivity index (χ1n) is 5.68. The van der Waals surface area contributed by atoms with Gasteiger partial charge in [-0.3, -0.25) is 4.79 Å². The second kappa shape index (κ2) is 5.31. The lowest BCUT2D eigenvalue weighted by Gasteiger charge is -2.15. The summed E-state index contributed by atoms with van der Waals surface area (Å²) < 4.78 is 4.91. The number of carbonyl (C=O) groups is 1. The fourth-order valence-corrected chi connectivity index (χ4v) is 2.67. The molecule has 0 spiro atoms. The number of nitrogens with zero attached hydrogens (tertiary/aromatic N) is 1. The number of aromatic nitrogens is 1. The van der Waals surface area contributed by atoms with Crippen molar-refractivity contribution in [1.82, 2.24) is 4.98 Å². The zero-order chi connectivity index (χ0) is 13.1. The second-order valence-electron chi connectivity index (χ2n) is 4.19. The van der Waals surface area contributed by atoms with Crippen molar-refractivity contribution in [1.29, 1.82) is 0 Å². The molecule has 3 nitrogen and oxygen atoms in total. The molecular weight excluding hydrogens is 246 g/mol. The Hall–Kier alpha value is -1.68. The van der Waals surface area contributed by atoms with E-state index in [4.69, 9.17) is 4.74 Å². The molecule has 0 N–H and O–H groups in total. The van der Waals surface area contributed by atoms with Crippen molar-refractivity contribution in [3.63, 3.8) is 0 Å². The van der Waals surface area contributed by atoms with Crippen LogP contribution in [-0.2, 0) is 9.53 Å². The van der Waals surface area contributed by atoms with Crippen molar-refractivity contribution < 1.29 is 9.53 Å². The molecule has 0 aliphatic heterocycles. The second-order valence-corrected chi connectivity index (χ2v) is 5.11. The summed E-state index contributed by atoms with van der Waals surface area (Å²) in [5, 5.41) is 2.65. The molecule has 1 aromatic heterocycles. The fourth-order valence-electron chi connectivity index (χ4n) is 1.93. The molecule has 1 heterocycles. The van der Waals surface area contributed by atoms with Gasteiger partial charge in [0.05, 0.1) is 7.11 Å². The number of methoxy groups -OCH3 is 1. The Morgan fingerprint density at radius 2 is 2.17 bits per heavy atom. The topological polar surface area (TPSA) is 39.2 Å². The molecule has 1 unspecified atom stereocenters. The fraction of sp³-hybridized carbons (Fsp3) is 0.286. The van der Waals surface area contributed by atoms with Gasteiger partial charge in [0.15, 0.2) is 0 Å². The smallest absolute Gasteiger partial charge is 0.320 e. The van der Waals surface area contributed by atoms with Gasteiger partial charge in [0.25, 0.3) is 0 Å². The molecule has 0 radical (unpaired) electrons.